The summed E-state index contributed by atoms with van der Waals surface area (Å²) in [5.41, 5.74) is 4.98. The van der Waals surface area contributed by atoms with Gasteiger partial charge < -0.3 is 4.98 Å². The third-order valence-corrected chi connectivity index (χ3v) is 6.84. The van der Waals surface area contributed by atoms with Crippen molar-refractivity contribution < 1.29 is 22.4 Å². The molecule has 0 radical (unpaired) electrons. The number of nitrogens with zero attached hydrogens (tertiary/aromatic N) is 1. The van der Waals surface area contributed by atoms with Crippen molar-refractivity contribution in [3.05, 3.63) is 52.5 Å². The Bertz CT molecular complexity index is 969. The first-order chi connectivity index (χ1) is 13.3. The first-order valence-corrected chi connectivity index (χ1v) is 10.7. The van der Waals surface area contributed by atoms with Crippen LogP contribution < -0.4 is 10.9 Å². The van der Waals surface area contributed by atoms with Gasteiger partial charge in [0.15, 0.2) is 0 Å². The molecule has 0 saturated carbocycles. The number of aromatic nitrogens is 1. The lowest BCUT2D eigenvalue weighted by molar-refractivity contribution is -0.126. The monoisotopic (exact) mass is 472 g/mol. The lowest BCUT2D eigenvalue weighted by Crippen LogP contribution is -2.48. The van der Waals surface area contributed by atoms with E-state index in [1.54, 1.807) is 12.3 Å². The topological polar surface area (TPSA) is 111 Å². The van der Waals surface area contributed by atoms with Crippen molar-refractivity contribution in [3.8, 4) is 0 Å². The van der Waals surface area contributed by atoms with Crippen LogP contribution in [0.25, 0.3) is 0 Å². The maximum atomic E-state index is 13.0. The summed E-state index contributed by atoms with van der Waals surface area (Å²) in [5.74, 6) is -1.80. The van der Waals surface area contributed by atoms with Gasteiger partial charge in [-0.2, -0.15) is 4.31 Å². The van der Waals surface area contributed by atoms with Gasteiger partial charge >= 0.3 is 0 Å². The number of rotatable bonds is 4. The lowest BCUT2D eigenvalue weighted by Gasteiger charge is -2.30. The van der Waals surface area contributed by atoms with E-state index >= 15 is 0 Å². The number of piperidine rings is 1. The molecule has 0 atom stereocenters. The summed E-state index contributed by atoms with van der Waals surface area (Å²) in [6.07, 6.45) is 2.22. The first kappa shape index (κ1) is 20.5. The van der Waals surface area contributed by atoms with Gasteiger partial charge in [0.25, 0.3) is 5.91 Å². The highest BCUT2D eigenvalue weighted by atomic mass is 79.9. The van der Waals surface area contributed by atoms with Gasteiger partial charge in [-0.3, -0.25) is 20.4 Å². The van der Waals surface area contributed by atoms with Gasteiger partial charge in [-0.05, 0) is 59.1 Å². The molecule has 150 valence electrons. The van der Waals surface area contributed by atoms with Crippen LogP contribution in [0, 0.1) is 11.7 Å². The predicted molar refractivity (Wildman–Crippen MR) is 102 cm³/mol. The summed E-state index contributed by atoms with van der Waals surface area (Å²) in [6.45, 7) is 0.324. The number of carbonyl (C=O) groups is 2. The Morgan fingerprint density at radius 1 is 1.14 bits per heavy atom. The van der Waals surface area contributed by atoms with Crippen LogP contribution in [0.4, 0.5) is 4.39 Å². The second-order valence-electron chi connectivity index (χ2n) is 6.31. The third-order valence-electron chi connectivity index (χ3n) is 4.47. The molecule has 0 bridgehead atoms. The second-order valence-corrected chi connectivity index (χ2v) is 9.16. The molecular weight excluding hydrogens is 455 g/mol. The summed E-state index contributed by atoms with van der Waals surface area (Å²) in [6, 6.07) is 6.20. The van der Waals surface area contributed by atoms with Crippen molar-refractivity contribution in [1.29, 1.82) is 0 Å². The van der Waals surface area contributed by atoms with Crippen molar-refractivity contribution >= 4 is 37.8 Å². The molecule has 0 spiro atoms. The number of aromatic amines is 1. The van der Waals surface area contributed by atoms with Gasteiger partial charge in [-0.25, -0.2) is 12.8 Å². The smallest absolute Gasteiger partial charge is 0.286 e. The predicted octanol–water partition coefficient (Wildman–Crippen LogP) is 1.78. The van der Waals surface area contributed by atoms with E-state index in [1.165, 1.54) is 16.4 Å². The van der Waals surface area contributed by atoms with E-state index in [2.05, 4.69) is 31.8 Å². The quantitative estimate of drug-likeness (QED) is 0.588. The van der Waals surface area contributed by atoms with E-state index in [0.29, 0.717) is 17.3 Å². The van der Waals surface area contributed by atoms with Crippen molar-refractivity contribution in [1.82, 2.24) is 20.1 Å². The number of sulfonamides is 1. The van der Waals surface area contributed by atoms with Gasteiger partial charge in [-0.15, -0.1) is 0 Å². The summed E-state index contributed by atoms with van der Waals surface area (Å²) in [4.78, 5) is 26.9. The number of amides is 2. The van der Waals surface area contributed by atoms with E-state index in [-0.39, 0.29) is 29.6 Å². The van der Waals surface area contributed by atoms with Crippen molar-refractivity contribution in [2.24, 2.45) is 5.92 Å². The molecule has 1 aliphatic heterocycles. The molecule has 1 fully saturated rings. The van der Waals surface area contributed by atoms with E-state index < -0.39 is 27.7 Å². The van der Waals surface area contributed by atoms with Crippen molar-refractivity contribution in [3.63, 3.8) is 0 Å². The third kappa shape index (κ3) is 4.59. The SMILES string of the molecule is O=C(NNC(=O)C1CCN(S(=O)(=O)c2ccc(F)cc2)CC1)c1cc(Br)c[nH]1. The Hall–Kier alpha value is -2.24. The van der Waals surface area contributed by atoms with Crippen LogP contribution >= 0.6 is 15.9 Å². The summed E-state index contributed by atoms with van der Waals surface area (Å²) < 4.78 is 40.2. The normalized spacial score (nSPS) is 15.9. The van der Waals surface area contributed by atoms with Gasteiger partial charge in [0.2, 0.25) is 15.9 Å². The lowest BCUT2D eigenvalue weighted by atomic mass is 9.98. The standard InChI is InChI=1S/C17H18BrFN4O4S/c18-12-9-15(20-10-12)17(25)22-21-16(24)11-5-7-23(8-6-11)28(26,27)14-3-1-13(19)2-4-14/h1-4,9-11,20H,5-8H2,(H,21,24)(H,22,25). The minimum absolute atomic E-state index is 0.0150. The van der Waals surface area contributed by atoms with Crippen LogP contribution in [-0.2, 0) is 14.8 Å². The van der Waals surface area contributed by atoms with Crippen LogP contribution in [0.2, 0.25) is 0 Å². The highest BCUT2D eigenvalue weighted by Gasteiger charge is 2.32. The average molecular weight is 473 g/mol. The molecule has 2 heterocycles. The number of nitrogens with one attached hydrogen (secondary N) is 3. The molecule has 8 nitrogen and oxygen atoms in total. The van der Waals surface area contributed by atoms with Crippen LogP contribution in [0.3, 0.4) is 0 Å². The number of hydrazine groups is 1. The number of hydrogen-bond donors (Lipinski definition) is 3. The minimum Gasteiger partial charge on any atom is -0.356 e. The molecule has 1 aromatic heterocycles. The fourth-order valence-electron chi connectivity index (χ4n) is 2.90. The zero-order valence-electron chi connectivity index (χ0n) is 14.6. The Labute approximate surface area is 169 Å². The molecule has 3 rings (SSSR count). The Balaban J connectivity index is 1.52. The Morgan fingerprint density at radius 3 is 2.36 bits per heavy atom. The zero-order chi connectivity index (χ0) is 20.3. The van der Waals surface area contributed by atoms with Gasteiger partial charge in [-0.1, -0.05) is 0 Å². The molecular formula is C17H18BrFN4O4S. The second kappa shape index (κ2) is 8.41. The molecule has 2 aromatic rings. The highest BCUT2D eigenvalue weighted by Crippen LogP contribution is 2.24. The van der Waals surface area contributed by atoms with Gasteiger partial charge in [0, 0.05) is 29.7 Å². The fourth-order valence-corrected chi connectivity index (χ4v) is 4.71. The van der Waals surface area contributed by atoms with Crippen LogP contribution in [0.5, 0.6) is 0 Å². The molecule has 1 aromatic carbocycles. The molecule has 11 heteroatoms. The number of hydrogen-bond acceptors (Lipinski definition) is 4. The maximum absolute atomic E-state index is 13.0. The van der Waals surface area contributed by atoms with E-state index in [9.17, 15) is 22.4 Å². The van der Waals surface area contributed by atoms with Gasteiger partial charge in [0.05, 0.1) is 4.90 Å². The van der Waals surface area contributed by atoms with Crippen molar-refractivity contribution in [2.75, 3.05) is 13.1 Å². The molecule has 3 N–H and O–H groups in total. The molecule has 2 amide bonds. The first-order valence-electron chi connectivity index (χ1n) is 8.47. The zero-order valence-corrected chi connectivity index (χ0v) is 17.0. The number of carbonyl (C=O) groups excluding carboxylic acids is 2. The number of H-pyrrole nitrogens is 1. The Morgan fingerprint density at radius 2 is 1.79 bits per heavy atom. The Kier molecular flexibility index (Phi) is 6.16. The molecule has 1 aliphatic rings. The van der Waals surface area contributed by atoms with Crippen molar-refractivity contribution in [2.45, 2.75) is 17.7 Å². The minimum atomic E-state index is -3.73. The van der Waals surface area contributed by atoms with E-state index in [1.807, 2.05) is 0 Å². The molecule has 1 saturated heterocycles. The molecule has 28 heavy (non-hydrogen) atoms. The number of benzene rings is 1. The number of halogens is 2. The van der Waals surface area contributed by atoms with Crippen LogP contribution in [0.15, 0.2) is 45.9 Å². The van der Waals surface area contributed by atoms with E-state index in [0.717, 1.165) is 12.1 Å². The molecule has 0 aliphatic carbocycles. The maximum Gasteiger partial charge on any atom is 0.286 e. The largest absolute Gasteiger partial charge is 0.356 e. The van der Waals surface area contributed by atoms with Crippen LogP contribution in [0.1, 0.15) is 23.3 Å². The summed E-state index contributed by atoms with van der Waals surface area (Å²) in [5, 5.41) is 0. The molecule has 0 unspecified atom stereocenters. The average Bonchev–Trinajstić information content (AvgIpc) is 3.13. The highest BCUT2D eigenvalue weighted by molar-refractivity contribution is 9.10. The summed E-state index contributed by atoms with van der Waals surface area (Å²) >= 11 is 3.21. The van der Waals surface area contributed by atoms with E-state index in [4.69, 9.17) is 0 Å². The fraction of sp³-hybridized carbons (Fsp3) is 0.294. The summed E-state index contributed by atoms with van der Waals surface area (Å²) in [7, 11) is -3.73. The van der Waals surface area contributed by atoms with Crippen LogP contribution in [-0.4, -0.2) is 42.6 Å². The van der Waals surface area contributed by atoms with Gasteiger partial charge in [0.1, 0.15) is 11.5 Å².